The normalized spacial score (nSPS) is 16.7. The second-order valence-corrected chi connectivity index (χ2v) is 10.7. The van der Waals surface area contributed by atoms with E-state index in [1.54, 1.807) is 12.1 Å². The summed E-state index contributed by atoms with van der Waals surface area (Å²) < 4.78 is 59.4. The van der Waals surface area contributed by atoms with Crippen molar-refractivity contribution in [1.82, 2.24) is 9.62 Å². The summed E-state index contributed by atoms with van der Waals surface area (Å²) in [5.41, 5.74) is 0.162. The van der Waals surface area contributed by atoms with Gasteiger partial charge in [0.1, 0.15) is 16.4 Å². The van der Waals surface area contributed by atoms with Crippen molar-refractivity contribution in [2.45, 2.75) is 31.2 Å². The summed E-state index contributed by atoms with van der Waals surface area (Å²) in [5, 5.41) is 17.3. The Labute approximate surface area is 181 Å². The highest BCUT2D eigenvalue weighted by molar-refractivity contribution is 7.93. The van der Waals surface area contributed by atoms with Crippen LogP contribution in [-0.4, -0.2) is 46.2 Å². The van der Waals surface area contributed by atoms with Gasteiger partial charge in [-0.15, -0.1) is 4.40 Å². The summed E-state index contributed by atoms with van der Waals surface area (Å²) in [6, 6.07) is 7.38. The van der Waals surface area contributed by atoms with Gasteiger partial charge in [-0.25, -0.2) is 12.7 Å². The molecule has 1 aromatic heterocycles. The summed E-state index contributed by atoms with van der Waals surface area (Å²) in [6.07, 6.45) is 0.597. The molecule has 1 aliphatic rings. The van der Waals surface area contributed by atoms with Crippen LogP contribution in [0.2, 0.25) is 0 Å². The van der Waals surface area contributed by atoms with E-state index in [1.807, 2.05) is 13.8 Å². The monoisotopic (exact) mass is 468 g/mol. The van der Waals surface area contributed by atoms with Crippen molar-refractivity contribution < 1.29 is 26.4 Å². The molecule has 0 fully saturated rings. The van der Waals surface area contributed by atoms with Crippen molar-refractivity contribution >= 4 is 31.6 Å². The molecule has 3 rings (SSSR count). The Morgan fingerprint density at radius 3 is 2.52 bits per heavy atom. The first kappa shape index (κ1) is 22.8. The zero-order chi connectivity index (χ0) is 23.0. The predicted octanol–water partition coefficient (Wildman–Crippen LogP) is 2.28. The Bertz CT molecular complexity index is 1260. The van der Waals surface area contributed by atoms with Gasteiger partial charge in [0.05, 0.1) is 22.8 Å². The molecule has 0 amide bonds. The minimum absolute atomic E-state index is 0.00614. The molecule has 1 aliphatic heterocycles. The number of phenols is 1. The van der Waals surface area contributed by atoms with E-state index in [4.69, 9.17) is 4.42 Å². The van der Waals surface area contributed by atoms with Crippen LogP contribution < -0.4 is 10.6 Å². The number of phenolic OH excluding ortho intramolecular Hbond substituents is 1. The van der Waals surface area contributed by atoms with E-state index in [0.29, 0.717) is 12.2 Å². The lowest BCUT2D eigenvalue weighted by atomic mass is 10.1. The largest absolute Gasteiger partial charge is 0.504 e. The number of rotatable bonds is 7. The van der Waals surface area contributed by atoms with Crippen molar-refractivity contribution in [3.05, 3.63) is 53.0 Å². The Morgan fingerprint density at radius 1 is 1.23 bits per heavy atom. The summed E-state index contributed by atoms with van der Waals surface area (Å²) in [4.78, 5) is -0.320. The fraction of sp³-hybridized carbons (Fsp3) is 0.316. The summed E-state index contributed by atoms with van der Waals surface area (Å²) in [6.45, 7) is 3.71. The molecule has 2 heterocycles. The Balaban J connectivity index is 1.93. The summed E-state index contributed by atoms with van der Waals surface area (Å²) >= 11 is 0. The van der Waals surface area contributed by atoms with Gasteiger partial charge in [-0.1, -0.05) is 13.0 Å². The molecule has 1 aromatic carbocycles. The first-order chi connectivity index (χ1) is 14.4. The molecule has 0 spiro atoms. The van der Waals surface area contributed by atoms with Crippen LogP contribution in [0.15, 0.2) is 55.1 Å². The Kier molecular flexibility index (Phi) is 6.16. The minimum atomic E-state index is -3.91. The van der Waals surface area contributed by atoms with Crippen molar-refractivity contribution in [3.63, 3.8) is 0 Å². The van der Waals surface area contributed by atoms with Gasteiger partial charge in [-0.2, -0.15) is 8.42 Å². The van der Waals surface area contributed by atoms with Crippen molar-refractivity contribution in [3.8, 4) is 5.75 Å². The second-order valence-electron chi connectivity index (χ2n) is 7.10. The maximum atomic E-state index is 12.4. The van der Waals surface area contributed by atoms with E-state index >= 15 is 0 Å². The third-order valence-corrected chi connectivity index (χ3v) is 7.41. The van der Waals surface area contributed by atoms with Gasteiger partial charge in [-0.3, -0.25) is 0 Å². The van der Waals surface area contributed by atoms with Crippen molar-refractivity contribution in [2.24, 2.45) is 4.40 Å². The van der Waals surface area contributed by atoms with Crippen LogP contribution in [-0.2, 0) is 20.0 Å². The number of hydrogen-bond acceptors (Lipinski definition) is 8. The van der Waals surface area contributed by atoms with E-state index in [0.717, 1.165) is 15.5 Å². The van der Waals surface area contributed by atoms with Crippen molar-refractivity contribution in [1.29, 1.82) is 0 Å². The van der Waals surface area contributed by atoms with Gasteiger partial charge in [0.15, 0.2) is 11.6 Å². The average Bonchev–Trinajstić information content (AvgIpc) is 3.23. The third-order valence-electron chi connectivity index (χ3n) is 4.59. The highest BCUT2D eigenvalue weighted by Gasteiger charge is 2.28. The second kappa shape index (κ2) is 8.36. The van der Waals surface area contributed by atoms with Gasteiger partial charge in [-0.05, 0) is 37.6 Å². The molecule has 12 heteroatoms. The van der Waals surface area contributed by atoms with Crippen LogP contribution in [0.3, 0.4) is 0 Å². The minimum Gasteiger partial charge on any atom is -0.504 e. The van der Waals surface area contributed by atoms with Crippen molar-refractivity contribution in [2.75, 3.05) is 19.4 Å². The molecule has 10 nitrogen and oxygen atoms in total. The molecule has 0 radical (unpaired) electrons. The van der Waals surface area contributed by atoms with Crippen LogP contribution in [0.25, 0.3) is 0 Å². The molecule has 2 aromatic rings. The van der Waals surface area contributed by atoms with Gasteiger partial charge in [0.25, 0.3) is 10.0 Å². The number of hydrogen-bond donors (Lipinski definition) is 3. The van der Waals surface area contributed by atoms with Crippen LogP contribution in [0.5, 0.6) is 5.75 Å². The maximum absolute atomic E-state index is 12.4. The number of amidine groups is 1. The highest BCUT2D eigenvalue weighted by atomic mass is 32.2. The highest BCUT2D eigenvalue weighted by Crippen LogP contribution is 2.33. The van der Waals surface area contributed by atoms with Crippen LogP contribution in [0.4, 0.5) is 5.69 Å². The average molecular weight is 469 g/mol. The smallest absolute Gasteiger partial charge is 0.279 e. The molecular weight excluding hydrogens is 444 g/mol. The zero-order valence-electron chi connectivity index (χ0n) is 17.4. The molecule has 3 N–H and O–H groups in total. The van der Waals surface area contributed by atoms with E-state index in [9.17, 15) is 21.9 Å². The fourth-order valence-corrected chi connectivity index (χ4v) is 4.89. The zero-order valence-corrected chi connectivity index (χ0v) is 19.1. The molecule has 0 unspecified atom stereocenters. The van der Waals surface area contributed by atoms with E-state index in [-0.39, 0.29) is 28.2 Å². The standard InChI is InChI=1S/C19H24N4O6S2/c1-5-13(16-10-9-12(2)29-16)20-15-11-30(25,26)22-19(15)21-14-7-6-8-17(18(14)24)31(27,28)23(3)4/h6-11,13,20,24H,5H2,1-4H3,(H,21,22)/t13-/m1/s1. The molecule has 168 valence electrons. The van der Waals surface area contributed by atoms with Crippen LogP contribution in [0.1, 0.15) is 30.9 Å². The summed E-state index contributed by atoms with van der Waals surface area (Å²) in [5.74, 6) is 0.735. The lowest BCUT2D eigenvalue weighted by Gasteiger charge is -2.19. The molecule has 0 bridgehead atoms. The van der Waals surface area contributed by atoms with Crippen LogP contribution >= 0.6 is 0 Å². The topological polar surface area (TPSA) is 141 Å². The van der Waals surface area contributed by atoms with Gasteiger partial charge in [0, 0.05) is 14.1 Å². The number of nitrogens with one attached hydrogen (secondary N) is 2. The number of para-hydroxylation sites is 1. The first-order valence-corrected chi connectivity index (χ1v) is 12.3. The third kappa shape index (κ3) is 4.75. The first-order valence-electron chi connectivity index (χ1n) is 9.36. The maximum Gasteiger partial charge on any atom is 0.279 e. The van der Waals surface area contributed by atoms with E-state index < -0.39 is 25.8 Å². The van der Waals surface area contributed by atoms with E-state index in [2.05, 4.69) is 15.0 Å². The van der Waals surface area contributed by atoms with Gasteiger partial charge < -0.3 is 20.2 Å². The Morgan fingerprint density at radius 2 is 1.94 bits per heavy atom. The lowest BCUT2D eigenvalue weighted by Crippen LogP contribution is -2.28. The number of anilines is 1. The molecular formula is C19H24N4O6S2. The number of aryl methyl sites for hydroxylation is 1. The lowest BCUT2D eigenvalue weighted by molar-refractivity contribution is 0.414. The Hall–Kier alpha value is -2.83. The van der Waals surface area contributed by atoms with Crippen LogP contribution in [0, 0.1) is 6.92 Å². The van der Waals surface area contributed by atoms with E-state index in [1.165, 1.54) is 32.3 Å². The quantitative estimate of drug-likeness (QED) is 0.526. The molecule has 31 heavy (non-hydrogen) atoms. The molecule has 0 saturated heterocycles. The number of furan rings is 1. The number of nitrogens with zero attached hydrogens (tertiary/aromatic N) is 2. The number of aromatic hydroxyl groups is 1. The fourth-order valence-electron chi connectivity index (χ4n) is 2.96. The molecule has 1 atom stereocenters. The number of benzene rings is 1. The van der Waals surface area contributed by atoms with Gasteiger partial charge >= 0.3 is 0 Å². The molecule has 0 saturated carbocycles. The van der Waals surface area contributed by atoms with Gasteiger partial charge in [0.2, 0.25) is 10.0 Å². The summed E-state index contributed by atoms with van der Waals surface area (Å²) in [7, 11) is -5.13. The SMILES string of the molecule is CC[C@@H](NC1=CS(=O)(=O)N=C1Nc1cccc(S(=O)(=O)N(C)C)c1O)c1ccc(C)o1. The molecule has 0 aliphatic carbocycles. The number of sulfonamides is 2. The predicted molar refractivity (Wildman–Crippen MR) is 117 cm³/mol.